The summed E-state index contributed by atoms with van der Waals surface area (Å²) in [7, 11) is 1.59. The fraction of sp³-hybridized carbons (Fsp3) is 0.364. The number of carbonyl (C=O) groups excluding carboxylic acids is 2. The number of halogens is 2. The van der Waals surface area contributed by atoms with Crippen molar-refractivity contribution in [2.75, 3.05) is 12.8 Å². The number of aryl methyl sites for hydroxylation is 1. The number of nitrogens with one attached hydrogen (secondary N) is 1. The molecule has 2 aromatic carbocycles. The van der Waals surface area contributed by atoms with Gasteiger partial charge in [0.1, 0.15) is 6.04 Å². The number of likely N-dealkylation sites (N-methyl/N-ethyl adjacent to an activating group) is 1. The van der Waals surface area contributed by atoms with Crippen molar-refractivity contribution in [2.45, 2.75) is 38.6 Å². The highest BCUT2D eigenvalue weighted by atomic mass is 35.5. The van der Waals surface area contributed by atoms with Crippen LogP contribution in [0, 0.1) is 6.92 Å². The van der Waals surface area contributed by atoms with Crippen molar-refractivity contribution in [3.8, 4) is 0 Å². The van der Waals surface area contributed by atoms with Crippen LogP contribution < -0.4 is 5.32 Å². The van der Waals surface area contributed by atoms with Gasteiger partial charge in [-0.1, -0.05) is 66.0 Å². The summed E-state index contributed by atoms with van der Waals surface area (Å²) in [5, 5.41) is 3.85. The minimum Gasteiger partial charge on any atom is -0.357 e. The fourth-order valence-electron chi connectivity index (χ4n) is 3.06. The summed E-state index contributed by atoms with van der Waals surface area (Å²) in [5.41, 5.74) is 3.05. The van der Waals surface area contributed by atoms with Gasteiger partial charge >= 0.3 is 0 Å². The molecule has 2 rings (SSSR count). The number of hydrogen-bond donors (Lipinski definition) is 1. The lowest BCUT2D eigenvalue weighted by Crippen LogP contribution is -2.48. The Bertz CT molecular complexity index is 860. The van der Waals surface area contributed by atoms with E-state index in [1.165, 1.54) is 11.8 Å². The van der Waals surface area contributed by atoms with Crippen LogP contribution >= 0.6 is 35.0 Å². The summed E-state index contributed by atoms with van der Waals surface area (Å²) in [6, 6.07) is 12.8. The van der Waals surface area contributed by atoms with Crippen LogP contribution in [0.1, 0.15) is 30.0 Å². The molecule has 1 N–H and O–H groups in total. The van der Waals surface area contributed by atoms with Crippen molar-refractivity contribution in [3.63, 3.8) is 0 Å². The van der Waals surface area contributed by atoms with Crippen molar-refractivity contribution in [1.29, 1.82) is 0 Å². The number of thioether (sulfide) groups is 1. The molecule has 0 aliphatic carbocycles. The van der Waals surface area contributed by atoms with Gasteiger partial charge in [0.15, 0.2) is 0 Å². The average molecular weight is 453 g/mol. The summed E-state index contributed by atoms with van der Waals surface area (Å²) in [5.74, 6) is 0.631. The first kappa shape index (κ1) is 23.6. The Morgan fingerprint density at radius 3 is 2.55 bits per heavy atom. The van der Waals surface area contributed by atoms with E-state index in [9.17, 15) is 9.59 Å². The Morgan fingerprint density at radius 1 is 1.17 bits per heavy atom. The summed E-state index contributed by atoms with van der Waals surface area (Å²) in [4.78, 5) is 27.1. The monoisotopic (exact) mass is 452 g/mol. The lowest BCUT2D eigenvalue weighted by Gasteiger charge is -2.30. The molecule has 4 nitrogen and oxygen atoms in total. The van der Waals surface area contributed by atoms with Gasteiger partial charge in [-0.25, -0.2) is 0 Å². The van der Waals surface area contributed by atoms with Gasteiger partial charge in [-0.3, -0.25) is 9.59 Å². The molecule has 2 amide bonds. The van der Waals surface area contributed by atoms with Gasteiger partial charge in [0.05, 0.1) is 5.75 Å². The fourth-order valence-corrected chi connectivity index (χ4v) is 4.53. The molecule has 1 atom stereocenters. The average Bonchev–Trinajstić information content (AvgIpc) is 2.69. The Morgan fingerprint density at radius 2 is 1.93 bits per heavy atom. The van der Waals surface area contributed by atoms with E-state index in [2.05, 4.69) is 5.32 Å². The normalized spacial score (nSPS) is 11.8. The smallest absolute Gasteiger partial charge is 0.242 e. The van der Waals surface area contributed by atoms with Crippen LogP contribution in [0.2, 0.25) is 10.0 Å². The molecule has 0 bridgehead atoms. The summed E-state index contributed by atoms with van der Waals surface area (Å²) in [6.07, 6.45) is 0.547. The molecule has 0 unspecified atom stereocenters. The summed E-state index contributed by atoms with van der Waals surface area (Å²) >= 11 is 13.6. The Labute approximate surface area is 187 Å². The van der Waals surface area contributed by atoms with Crippen molar-refractivity contribution < 1.29 is 9.59 Å². The largest absolute Gasteiger partial charge is 0.357 e. The van der Waals surface area contributed by atoms with Crippen LogP contribution in [0.15, 0.2) is 42.5 Å². The van der Waals surface area contributed by atoms with Crippen LogP contribution in [0.25, 0.3) is 0 Å². The number of nitrogens with zero attached hydrogens (tertiary/aromatic N) is 1. The van der Waals surface area contributed by atoms with Gasteiger partial charge in [-0.05, 0) is 36.6 Å². The highest BCUT2D eigenvalue weighted by molar-refractivity contribution is 7.99. The minimum atomic E-state index is -0.507. The molecule has 156 valence electrons. The molecule has 0 fully saturated rings. The topological polar surface area (TPSA) is 49.4 Å². The highest BCUT2D eigenvalue weighted by Crippen LogP contribution is 2.25. The molecule has 0 radical (unpaired) electrons. The van der Waals surface area contributed by atoms with Crippen LogP contribution in [0.5, 0.6) is 0 Å². The molecular formula is C22H26Cl2N2O2S. The van der Waals surface area contributed by atoms with E-state index >= 15 is 0 Å². The summed E-state index contributed by atoms with van der Waals surface area (Å²) < 4.78 is 0. The third-order valence-corrected chi connectivity index (χ3v) is 6.12. The number of hydrogen-bond acceptors (Lipinski definition) is 3. The maximum Gasteiger partial charge on any atom is 0.242 e. The molecule has 7 heteroatoms. The van der Waals surface area contributed by atoms with Crippen LogP contribution in [-0.2, 0) is 21.9 Å². The summed E-state index contributed by atoms with van der Waals surface area (Å²) in [6.45, 7) is 4.32. The van der Waals surface area contributed by atoms with Crippen LogP contribution in [0.4, 0.5) is 0 Å². The predicted molar refractivity (Wildman–Crippen MR) is 122 cm³/mol. The lowest BCUT2D eigenvalue weighted by atomic mass is 10.1. The molecule has 0 spiro atoms. The molecule has 2 aromatic rings. The van der Waals surface area contributed by atoms with Gasteiger partial charge in [-0.15, -0.1) is 11.8 Å². The molecule has 0 saturated carbocycles. The van der Waals surface area contributed by atoms with Crippen LogP contribution in [-0.4, -0.2) is 35.6 Å². The molecule has 0 aromatic heterocycles. The zero-order valence-electron chi connectivity index (χ0n) is 16.9. The zero-order valence-corrected chi connectivity index (χ0v) is 19.2. The highest BCUT2D eigenvalue weighted by Gasteiger charge is 2.27. The third kappa shape index (κ3) is 6.95. The second-order valence-corrected chi connectivity index (χ2v) is 8.61. The van der Waals surface area contributed by atoms with E-state index in [1.54, 1.807) is 24.1 Å². The van der Waals surface area contributed by atoms with E-state index in [-0.39, 0.29) is 17.6 Å². The SMILES string of the molecule is CC[C@H](C(=O)NC)N(Cc1cccc(C)c1)C(=O)CSCc1ccc(Cl)cc1Cl. The van der Waals surface area contributed by atoms with E-state index in [4.69, 9.17) is 23.2 Å². The van der Waals surface area contributed by atoms with Gasteiger partial charge in [0, 0.05) is 29.4 Å². The Hall–Kier alpha value is -1.69. The molecule has 0 aliphatic rings. The van der Waals surface area contributed by atoms with Gasteiger partial charge < -0.3 is 10.2 Å². The Balaban J connectivity index is 2.11. The second-order valence-electron chi connectivity index (χ2n) is 6.78. The molecule has 29 heavy (non-hydrogen) atoms. The third-order valence-electron chi connectivity index (χ3n) is 4.57. The molecule has 0 aliphatic heterocycles. The quantitative estimate of drug-likeness (QED) is 0.576. The van der Waals surface area contributed by atoms with E-state index in [0.717, 1.165) is 16.7 Å². The standard InChI is InChI=1S/C22H26Cl2N2O2S/c1-4-20(22(28)25-3)26(12-16-7-5-6-15(2)10-16)21(27)14-29-13-17-8-9-18(23)11-19(17)24/h5-11,20H,4,12-14H2,1-3H3,(H,25,28)/t20-/m1/s1. The van der Waals surface area contributed by atoms with E-state index in [0.29, 0.717) is 28.8 Å². The lowest BCUT2D eigenvalue weighted by molar-refractivity contribution is -0.139. The minimum absolute atomic E-state index is 0.0722. The second kappa shape index (κ2) is 11.5. The number of amides is 2. The first-order valence-corrected chi connectivity index (χ1v) is 11.3. The number of rotatable bonds is 9. The molecule has 0 saturated heterocycles. The van der Waals surface area contributed by atoms with Crippen LogP contribution in [0.3, 0.4) is 0 Å². The maximum absolute atomic E-state index is 13.1. The number of carbonyl (C=O) groups is 2. The maximum atomic E-state index is 13.1. The van der Waals surface area contributed by atoms with E-state index < -0.39 is 6.04 Å². The van der Waals surface area contributed by atoms with Crippen molar-refractivity contribution in [1.82, 2.24) is 10.2 Å². The van der Waals surface area contributed by atoms with Crippen molar-refractivity contribution >= 4 is 46.8 Å². The first-order valence-electron chi connectivity index (χ1n) is 9.44. The predicted octanol–water partition coefficient (Wildman–Crippen LogP) is 5.09. The molecule has 0 heterocycles. The molecular weight excluding hydrogens is 427 g/mol. The van der Waals surface area contributed by atoms with E-state index in [1.807, 2.05) is 44.2 Å². The Kier molecular flexibility index (Phi) is 9.34. The van der Waals surface area contributed by atoms with Crippen molar-refractivity contribution in [2.24, 2.45) is 0 Å². The number of benzene rings is 2. The van der Waals surface area contributed by atoms with Gasteiger partial charge in [-0.2, -0.15) is 0 Å². The zero-order chi connectivity index (χ0) is 21.4. The first-order chi connectivity index (χ1) is 13.8. The van der Waals surface area contributed by atoms with Gasteiger partial charge in [0.25, 0.3) is 0 Å². The van der Waals surface area contributed by atoms with Crippen molar-refractivity contribution in [3.05, 3.63) is 69.2 Å². The van der Waals surface area contributed by atoms with Gasteiger partial charge in [0.2, 0.25) is 11.8 Å².